The van der Waals surface area contributed by atoms with Crippen molar-refractivity contribution in [1.82, 2.24) is 0 Å². The molecule has 0 unspecified atom stereocenters. The molecule has 0 spiro atoms. The zero-order valence-corrected chi connectivity index (χ0v) is 13.3. The van der Waals surface area contributed by atoms with Gasteiger partial charge < -0.3 is 4.74 Å². The maximum absolute atomic E-state index is 11.2. The number of ether oxygens (including phenoxy) is 1. The molecule has 0 N–H and O–H groups in total. The van der Waals surface area contributed by atoms with Gasteiger partial charge in [-0.05, 0) is 13.3 Å². The summed E-state index contributed by atoms with van der Waals surface area (Å²) in [5, 5.41) is 0. The van der Waals surface area contributed by atoms with Crippen LogP contribution < -0.4 is 0 Å². The summed E-state index contributed by atoms with van der Waals surface area (Å²) in [6.45, 7) is 17.6. The van der Waals surface area contributed by atoms with Crippen molar-refractivity contribution in [3.8, 4) is 0 Å². The zero-order valence-electron chi connectivity index (χ0n) is 12.3. The van der Waals surface area contributed by atoms with Crippen molar-refractivity contribution in [1.29, 1.82) is 0 Å². The monoisotopic (exact) mass is 256 g/mol. The van der Waals surface area contributed by atoms with Crippen LogP contribution in [-0.4, -0.2) is 20.7 Å². The number of esters is 1. The quantitative estimate of drug-likeness (QED) is 0.292. The lowest BCUT2D eigenvalue weighted by Gasteiger charge is -2.35. The number of hydrogen-bond donors (Lipinski definition) is 0. The molecule has 0 amide bonds. The van der Waals surface area contributed by atoms with Gasteiger partial charge in [-0.2, -0.15) is 0 Å². The molecule has 0 atom stereocenters. The number of carbonyl (C=O) groups is 1. The fraction of sp³-hybridized carbons (Fsp3) is 0.786. The van der Waals surface area contributed by atoms with Gasteiger partial charge in [0.15, 0.2) is 0 Å². The van der Waals surface area contributed by atoms with Crippen LogP contribution in [0.15, 0.2) is 12.2 Å². The molecule has 0 radical (unpaired) electrons. The van der Waals surface area contributed by atoms with Crippen molar-refractivity contribution in [3.63, 3.8) is 0 Å². The Morgan fingerprint density at radius 2 is 1.71 bits per heavy atom. The van der Waals surface area contributed by atoms with Crippen LogP contribution in [0.3, 0.4) is 0 Å². The van der Waals surface area contributed by atoms with Crippen molar-refractivity contribution in [2.24, 2.45) is 0 Å². The van der Waals surface area contributed by atoms with Gasteiger partial charge in [0.25, 0.3) is 0 Å². The summed E-state index contributed by atoms with van der Waals surface area (Å²) in [7, 11) is -1.22. The minimum atomic E-state index is -1.22. The highest BCUT2D eigenvalue weighted by molar-refractivity contribution is 6.81. The second kappa shape index (κ2) is 6.99. The number of carbonyl (C=O) groups excluding carboxylic acids is 1. The molecule has 0 fully saturated rings. The van der Waals surface area contributed by atoms with E-state index in [1.807, 2.05) is 0 Å². The first-order valence-corrected chi connectivity index (χ1v) is 9.40. The lowest BCUT2D eigenvalue weighted by molar-refractivity contribution is -0.138. The molecule has 0 saturated carbocycles. The molecule has 17 heavy (non-hydrogen) atoms. The third kappa shape index (κ3) is 5.07. The van der Waals surface area contributed by atoms with Gasteiger partial charge >= 0.3 is 5.97 Å². The first-order valence-electron chi connectivity index (χ1n) is 6.54. The van der Waals surface area contributed by atoms with Crippen LogP contribution >= 0.6 is 0 Å². The summed E-state index contributed by atoms with van der Waals surface area (Å²) in [4.78, 5) is 11.2. The van der Waals surface area contributed by atoms with Gasteiger partial charge in [0.1, 0.15) is 0 Å². The van der Waals surface area contributed by atoms with Gasteiger partial charge in [-0.25, -0.2) is 4.79 Å². The van der Waals surface area contributed by atoms with Crippen molar-refractivity contribution in [2.75, 3.05) is 6.61 Å². The molecule has 0 aromatic carbocycles. The summed E-state index contributed by atoms with van der Waals surface area (Å²) in [6.07, 6.45) is 0.984. The van der Waals surface area contributed by atoms with E-state index in [-0.39, 0.29) is 5.97 Å². The second-order valence-electron chi connectivity index (χ2n) is 5.84. The van der Waals surface area contributed by atoms with E-state index in [1.54, 1.807) is 6.92 Å². The predicted molar refractivity (Wildman–Crippen MR) is 77.0 cm³/mol. The van der Waals surface area contributed by atoms with Crippen LogP contribution in [0.1, 0.15) is 41.0 Å². The topological polar surface area (TPSA) is 26.3 Å². The summed E-state index contributed by atoms with van der Waals surface area (Å²) in [5.41, 5.74) is 2.04. The third-order valence-corrected chi connectivity index (χ3v) is 10.8. The van der Waals surface area contributed by atoms with Gasteiger partial charge in [0.2, 0.25) is 0 Å². The largest absolute Gasteiger partial charge is 0.462 e. The molecule has 0 aliphatic heterocycles. The average Bonchev–Trinajstić information content (AvgIpc) is 2.22. The Morgan fingerprint density at radius 3 is 2.06 bits per heavy atom. The van der Waals surface area contributed by atoms with Crippen molar-refractivity contribution in [3.05, 3.63) is 12.2 Å². The second-order valence-corrected chi connectivity index (χ2v) is 11.7. The standard InChI is InChI=1S/C14H28O2Si/c1-11(2)14(15)16-9-8-10-17(7,12(3)4)13(5)6/h12-13H,1,8-10H2,2-7H3. The van der Waals surface area contributed by atoms with E-state index in [0.29, 0.717) is 12.2 Å². The summed E-state index contributed by atoms with van der Waals surface area (Å²) < 4.78 is 5.14. The van der Waals surface area contributed by atoms with Crippen molar-refractivity contribution < 1.29 is 9.53 Å². The molecule has 2 nitrogen and oxygen atoms in total. The Morgan fingerprint density at radius 1 is 1.24 bits per heavy atom. The highest BCUT2D eigenvalue weighted by atomic mass is 28.3. The Bertz CT molecular complexity index is 261. The Hall–Kier alpha value is -0.573. The van der Waals surface area contributed by atoms with E-state index in [2.05, 4.69) is 40.8 Å². The fourth-order valence-corrected chi connectivity index (χ4v) is 5.38. The summed E-state index contributed by atoms with van der Waals surface area (Å²) in [6, 6.07) is 1.23. The molecule has 0 bridgehead atoms. The Labute approximate surface area is 107 Å². The van der Waals surface area contributed by atoms with Gasteiger partial charge in [0.05, 0.1) is 14.7 Å². The summed E-state index contributed by atoms with van der Waals surface area (Å²) in [5.74, 6) is -0.262. The molecule has 0 aromatic rings. The predicted octanol–water partition coefficient (Wildman–Crippen LogP) is 4.39. The van der Waals surface area contributed by atoms with E-state index in [0.717, 1.165) is 17.5 Å². The average molecular weight is 256 g/mol. The molecule has 0 aliphatic carbocycles. The van der Waals surface area contributed by atoms with Crippen LogP contribution in [0, 0.1) is 0 Å². The van der Waals surface area contributed by atoms with Gasteiger partial charge in [-0.3, -0.25) is 0 Å². The molecule has 3 heteroatoms. The van der Waals surface area contributed by atoms with E-state index in [4.69, 9.17) is 4.74 Å². The van der Waals surface area contributed by atoms with Crippen LogP contribution in [0.4, 0.5) is 0 Å². The SMILES string of the molecule is C=C(C)C(=O)OCCC[Si](C)(C(C)C)C(C)C. The molecule has 100 valence electrons. The van der Waals surface area contributed by atoms with Gasteiger partial charge in [-0.15, -0.1) is 0 Å². The van der Waals surface area contributed by atoms with Gasteiger partial charge in [-0.1, -0.05) is 57.9 Å². The molecule has 0 heterocycles. The number of hydrogen-bond acceptors (Lipinski definition) is 2. The zero-order chi connectivity index (χ0) is 13.6. The normalized spacial score (nSPS) is 12.0. The van der Waals surface area contributed by atoms with Crippen LogP contribution in [0.25, 0.3) is 0 Å². The maximum Gasteiger partial charge on any atom is 0.333 e. The minimum Gasteiger partial charge on any atom is -0.462 e. The van der Waals surface area contributed by atoms with E-state index in [9.17, 15) is 4.79 Å². The first kappa shape index (κ1) is 16.4. The van der Waals surface area contributed by atoms with Crippen LogP contribution in [-0.2, 0) is 9.53 Å². The Balaban J connectivity index is 4.09. The highest BCUT2D eigenvalue weighted by Crippen LogP contribution is 2.36. The molecule has 0 aliphatic rings. The van der Waals surface area contributed by atoms with Crippen molar-refractivity contribution >= 4 is 14.0 Å². The molecular formula is C14H28O2Si. The lowest BCUT2D eigenvalue weighted by atomic mass is 10.4. The smallest absolute Gasteiger partial charge is 0.333 e. The number of rotatable bonds is 7. The van der Waals surface area contributed by atoms with E-state index < -0.39 is 8.07 Å². The van der Waals surface area contributed by atoms with E-state index in [1.165, 1.54) is 6.04 Å². The van der Waals surface area contributed by atoms with Crippen LogP contribution in [0.2, 0.25) is 23.7 Å². The molecular weight excluding hydrogens is 228 g/mol. The Kier molecular flexibility index (Phi) is 6.76. The summed E-state index contributed by atoms with van der Waals surface area (Å²) >= 11 is 0. The minimum absolute atomic E-state index is 0.262. The highest BCUT2D eigenvalue weighted by Gasteiger charge is 2.33. The lowest BCUT2D eigenvalue weighted by Crippen LogP contribution is -2.37. The van der Waals surface area contributed by atoms with Crippen LogP contribution in [0.5, 0.6) is 0 Å². The first-order chi connectivity index (χ1) is 7.71. The van der Waals surface area contributed by atoms with E-state index >= 15 is 0 Å². The molecule has 0 aromatic heterocycles. The third-order valence-electron chi connectivity index (χ3n) is 4.08. The van der Waals surface area contributed by atoms with Crippen molar-refractivity contribution in [2.45, 2.75) is 64.7 Å². The fourth-order valence-electron chi connectivity index (χ4n) is 1.99. The molecule has 0 rings (SSSR count). The molecule has 0 saturated heterocycles. The maximum atomic E-state index is 11.2. The van der Waals surface area contributed by atoms with Gasteiger partial charge in [0, 0.05) is 5.57 Å².